The molecule has 1 saturated carbocycles. The molecule has 0 aromatic carbocycles. The summed E-state index contributed by atoms with van der Waals surface area (Å²) in [7, 11) is 0. The predicted molar refractivity (Wildman–Crippen MR) is 65.0 cm³/mol. The van der Waals surface area contributed by atoms with Crippen molar-refractivity contribution in [2.45, 2.75) is 45.6 Å². The molecule has 2 nitrogen and oxygen atoms in total. The van der Waals surface area contributed by atoms with E-state index in [4.69, 9.17) is 0 Å². The van der Waals surface area contributed by atoms with Gasteiger partial charge in [-0.15, -0.1) is 0 Å². The Balaban J connectivity index is 1.67. The Kier molecular flexibility index (Phi) is 4.04. The Morgan fingerprint density at radius 2 is 1.87 bits per heavy atom. The molecule has 1 aliphatic heterocycles. The molecular weight excluding hydrogens is 184 g/mol. The Morgan fingerprint density at radius 1 is 1.20 bits per heavy atom. The van der Waals surface area contributed by atoms with Gasteiger partial charge in [-0.05, 0) is 70.6 Å². The van der Waals surface area contributed by atoms with Crippen LogP contribution in [0.3, 0.4) is 0 Å². The molecule has 1 saturated heterocycles. The Hall–Kier alpha value is -0.0800. The van der Waals surface area contributed by atoms with Gasteiger partial charge in [0, 0.05) is 6.04 Å². The molecule has 15 heavy (non-hydrogen) atoms. The van der Waals surface area contributed by atoms with E-state index < -0.39 is 0 Å². The van der Waals surface area contributed by atoms with Gasteiger partial charge in [0.2, 0.25) is 0 Å². The van der Waals surface area contributed by atoms with Crippen molar-refractivity contribution in [3.63, 3.8) is 0 Å². The van der Waals surface area contributed by atoms with Gasteiger partial charge >= 0.3 is 0 Å². The van der Waals surface area contributed by atoms with Gasteiger partial charge < -0.3 is 10.2 Å². The molecule has 1 aliphatic carbocycles. The van der Waals surface area contributed by atoms with Gasteiger partial charge in [0.25, 0.3) is 0 Å². The summed E-state index contributed by atoms with van der Waals surface area (Å²) >= 11 is 0. The number of rotatable bonds is 5. The number of likely N-dealkylation sites (tertiary alicyclic amines) is 1. The van der Waals surface area contributed by atoms with Gasteiger partial charge in [0.1, 0.15) is 0 Å². The molecule has 0 bridgehead atoms. The molecule has 0 spiro atoms. The van der Waals surface area contributed by atoms with Gasteiger partial charge in [0.15, 0.2) is 0 Å². The molecule has 1 atom stereocenters. The van der Waals surface area contributed by atoms with Crippen LogP contribution in [0.4, 0.5) is 0 Å². The molecule has 1 unspecified atom stereocenters. The second-order valence-electron chi connectivity index (χ2n) is 5.37. The predicted octanol–water partition coefficient (Wildman–Crippen LogP) is 2.11. The topological polar surface area (TPSA) is 15.3 Å². The van der Waals surface area contributed by atoms with E-state index in [1.807, 2.05) is 0 Å². The fourth-order valence-electron chi connectivity index (χ4n) is 2.79. The first-order chi connectivity index (χ1) is 7.31. The molecular formula is C13H26N2. The van der Waals surface area contributed by atoms with Crippen LogP contribution in [0, 0.1) is 11.8 Å². The van der Waals surface area contributed by atoms with E-state index in [0.717, 1.165) is 24.4 Å². The molecule has 0 aromatic rings. The lowest BCUT2D eigenvalue weighted by atomic mass is 9.95. The Bertz CT molecular complexity index is 181. The number of nitrogens with zero attached hydrogens (tertiary/aromatic N) is 1. The lowest BCUT2D eigenvalue weighted by Gasteiger charge is -2.36. The maximum atomic E-state index is 3.48. The van der Waals surface area contributed by atoms with Crippen LogP contribution in [0.1, 0.15) is 39.5 Å². The van der Waals surface area contributed by atoms with Crippen molar-refractivity contribution in [2.24, 2.45) is 11.8 Å². The second-order valence-corrected chi connectivity index (χ2v) is 5.37. The van der Waals surface area contributed by atoms with Crippen LogP contribution in [0.15, 0.2) is 0 Å². The monoisotopic (exact) mass is 210 g/mol. The molecule has 2 fully saturated rings. The van der Waals surface area contributed by atoms with E-state index in [2.05, 4.69) is 24.1 Å². The summed E-state index contributed by atoms with van der Waals surface area (Å²) in [6.45, 7) is 9.68. The zero-order valence-corrected chi connectivity index (χ0v) is 10.3. The van der Waals surface area contributed by atoms with Crippen LogP contribution in [0.5, 0.6) is 0 Å². The lowest BCUT2D eigenvalue weighted by Crippen LogP contribution is -2.42. The van der Waals surface area contributed by atoms with Crippen molar-refractivity contribution in [1.82, 2.24) is 10.2 Å². The first-order valence-corrected chi connectivity index (χ1v) is 6.76. The summed E-state index contributed by atoms with van der Waals surface area (Å²) in [5.41, 5.74) is 0. The highest BCUT2D eigenvalue weighted by Crippen LogP contribution is 2.36. The number of hydrogen-bond acceptors (Lipinski definition) is 2. The SMILES string of the molecule is CCNCC1CCN(C(C)C2CC2)CC1. The first-order valence-electron chi connectivity index (χ1n) is 6.76. The first kappa shape index (κ1) is 11.4. The van der Waals surface area contributed by atoms with Gasteiger partial charge in [-0.1, -0.05) is 6.92 Å². The van der Waals surface area contributed by atoms with Crippen molar-refractivity contribution < 1.29 is 0 Å². The molecule has 0 radical (unpaired) electrons. The number of hydrogen-bond donors (Lipinski definition) is 1. The third kappa shape index (κ3) is 3.18. The summed E-state index contributed by atoms with van der Waals surface area (Å²) in [6, 6.07) is 0.866. The van der Waals surface area contributed by atoms with E-state index in [1.54, 1.807) is 0 Å². The molecule has 0 aromatic heterocycles. The number of nitrogens with one attached hydrogen (secondary N) is 1. The minimum atomic E-state index is 0.866. The number of piperidine rings is 1. The molecule has 2 rings (SSSR count). The van der Waals surface area contributed by atoms with Gasteiger partial charge in [-0.2, -0.15) is 0 Å². The lowest BCUT2D eigenvalue weighted by molar-refractivity contribution is 0.128. The smallest absolute Gasteiger partial charge is 0.00951 e. The Labute approximate surface area is 94.4 Å². The minimum absolute atomic E-state index is 0.866. The largest absolute Gasteiger partial charge is 0.317 e. The van der Waals surface area contributed by atoms with Gasteiger partial charge in [-0.25, -0.2) is 0 Å². The van der Waals surface area contributed by atoms with E-state index in [9.17, 15) is 0 Å². The summed E-state index contributed by atoms with van der Waals surface area (Å²) < 4.78 is 0. The normalized spacial score (nSPS) is 26.8. The van der Waals surface area contributed by atoms with E-state index in [1.165, 1.54) is 45.3 Å². The molecule has 0 amide bonds. The fraction of sp³-hybridized carbons (Fsp3) is 1.00. The van der Waals surface area contributed by atoms with Crippen LogP contribution < -0.4 is 5.32 Å². The standard InChI is InChI=1S/C13H26N2/c1-3-14-10-12-6-8-15(9-7-12)11(2)13-4-5-13/h11-14H,3-10H2,1-2H3. The third-order valence-corrected chi connectivity index (χ3v) is 4.21. The highest BCUT2D eigenvalue weighted by atomic mass is 15.2. The highest BCUT2D eigenvalue weighted by molar-refractivity contribution is 4.87. The minimum Gasteiger partial charge on any atom is -0.317 e. The average Bonchev–Trinajstić information content (AvgIpc) is 3.10. The highest BCUT2D eigenvalue weighted by Gasteiger charge is 2.33. The summed E-state index contributed by atoms with van der Waals surface area (Å²) in [5.74, 6) is 1.97. The maximum Gasteiger partial charge on any atom is 0.00951 e. The van der Waals surface area contributed by atoms with Gasteiger partial charge in [0.05, 0.1) is 0 Å². The molecule has 1 N–H and O–H groups in total. The summed E-state index contributed by atoms with van der Waals surface area (Å²) in [6.07, 6.45) is 5.78. The second kappa shape index (κ2) is 5.31. The zero-order valence-electron chi connectivity index (χ0n) is 10.3. The molecule has 2 aliphatic rings. The van der Waals surface area contributed by atoms with Crippen molar-refractivity contribution >= 4 is 0 Å². The van der Waals surface area contributed by atoms with E-state index in [-0.39, 0.29) is 0 Å². The van der Waals surface area contributed by atoms with Crippen LogP contribution in [-0.4, -0.2) is 37.1 Å². The van der Waals surface area contributed by atoms with Crippen LogP contribution >= 0.6 is 0 Å². The van der Waals surface area contributed by atoms with Crippen molar-refractivity contribution in [3.05, 3.63) is 0 Å². The zero-order chi connectivity index (χ0) is 10.7. The van der Waals surface area contributed by atoms with Crippen LogP contribution in [0.2, 0.25) is 0 Å². The van der Waals surface area contributed by atoms with Crippen molar-refractivity contribution in [1.29, 1.82) is 0 Å². The van der Waals surface area contributed by atoms with E-state index in [0.29, 0.717) is 0 Å². The van der Waals surface area contributed by atoms with Crippen LogP contribution in [0.25, 0.3) is 0 Å². The quantitative estimate of drug-likeness (QED) is 0.747. The Morgan fingerprint density at radius 3 is 2.40 bits per heavy atom. The van der Waals surface area contributed by atoms with Gasteiger partial charge in [-0.3, -0.25) is 0 Å². The van der Waals surface area contributed by atoms with E-state index >= 15 is 0 Å². The third-order valence-electron chi connectivity index (χ3n) is 4.21. The van der Waals surface area contributed by atoms with Crippen molar-refractivity contribution in [2.75, 3.05) is 26.2 Å². The van der Waals surface area contributed by atoms with Crippen molar-refractivity contribution in [3.8, 4) is 0 Å². The fourth-order valence-corrected chi connectivity index (χ4v) is 2.79. The molecule has 2 heteroatoms. The summed E-state index contributed by atoms with van der Waals surface area (Å²) in [5, 5.41) is 3.48. The maximum absolute atomic E-state index is 3.48. The molecule has 88 valence electrons. The van der Waals surface area contributed by atoms with Crippen LogP contribution in [-0.2, 0) is 0 Å². The average molecular weight is 210 g/mol. The summed E-state index contributed by atoms with van der Waals surface area (Å²) in [4.78, 5) is 2.72. The molecule has 1 heterocycles.